The first-order valence-corrected chi connectivity index (χ1v) is 13.6. The van der Waals surface area contributed by atoms with Crippen LogP contribution in [0.4, 0.5) is 0 Å². The third-order valence-corrected chi connectivity index (χ3v) is 8.94. The van der Waals surface area contributed by atoms with Gasteiger partial charge >= 0.3 is 0 Å². The van der Waals surface area contributed by atoms with Gasteiger partial charge in [0.1, 0.15) is 11.2 Å². The maximum Gasteiger partial charge on any atom is 0.137 e. The fourth-order valence-corrected chi connectivity index (χ4v) is 7.34. The van der Waals surface area contributed by atoms with Crippen molar-refractivity contribution in [1.29, 1.82) is 0 Å². The minimum Gasteiger partial charge on any atom is -0.456 e. The van der Waals surface area contributed by atoms with Gasteiger partial charge in [0, 0.05) is 44.1 Å². The van der Waals surface area contributed by atoms with E-state index < -0.39 is 0 Å². The lowest BCUT2D eigenvalue weighted by Gasteiger charge is -2.24. The molecule has 8 aromatic rings. The Balaban J connectivity index is 1.51. The van der Waals surface area contributed by atoms with Gasteiger partial charge in [0.15, 0.2) is 0 Å². The van der Waals surface area contributed by atoms with Crippen molar-refractivity contribution in [3.05, 3.63) is 126 Å². The number of aromatic nitrogens is 1. The van der Waals surface area contributed by atoms with Crippen LogP contribution in [0, 0.1) is 0 Å². The predicted molar refractivity (Wildman–Crippen MR) is 163 cm³/mol. The minimum absolute atomic E-state index is 0.0872. The minimum atomic E-state index is -0.0872. The molecule has 0 saturated heterocycles. The molecular formula is C37H25NO. The van der Waals surface area contributed by atoms with Gasteiger partial charge < -0.3 is 8.98 Å². The number of furan rings is 1. The number of fused-ring (bicyclic) bond motifs is 13. The topological polar surface area (TPSA) is 18.1 Å². The molecule has 6 aromatic carbocycles. The van der Waals surface area contributed by atoms with E-state index in [0.29, 0.717) is 0 Å². The summed E-state index contributed by atoms with van der Waals surface area (Å²) >= 11 is 0. The second-order valence-electron chi connectivity index (χ2n) is 11.3. The third-order valence-electron chi connectivity index (χ3n) is 8.94. The Kier molecular flexibility index (Phi) is 3.89. The summed E-state index contributed by atoms with van der Waals surface area (Å²) in [5.74, 6) is 0. The van der Waals surface area contributed by atoms with Crippen LogP contribution in [0.2, 0.25) is 0 Å². The Hall–Kier alpha value is -4.82. The Bertz CT molecular complexity index is 2310. The summed E-state index contributed by atoms with van der Waals surface area (Å²) in [6, 6.07) is 41.8. The number of hydrogen-bond donors (Lipinski definition) is 0. The number of rotatable bonds is 1. The van der Waals surface area contributed by atoms with E-state index in [2.05, 4.69) is 122 Å². The van der Waals surface area contributed by atoms with E-state index >= 15 is 0 Å². The molecule has 0 N–H and O–H groups in total. The van der Waals surface area contributed by atoms with Gasteiger partial charge in [-0.15, -0.1) is 0 Å². The fourth-order valence-electron chi connectivity index (χ4n) is 7.34. The standard InChI is InChI=1S/C37H25NO/c1-37(2)29-16-8-5-14-27(29)33-34-28-15-6-9-17-30(28)38(36(34)26-13-4-3-12-25(26)35(33)37)22-19-20-24-23-11-7-10-18-31(23)39-32(24)21-22/h3-21H,1-2H3. The van der Waals surface area contributed by atoms with Crippen LogP contribution in [0.15, 0.2) is 120 Å². The van der Waals surface area contributed by atoms with Gasteiger partial charge in [0.25, 0.3) is 0 Å². The zero-order valence-corrected chi connectivity index (χ0v) is 21.8. The third kappa shape index (κ3) is 2.56. The molecule has 2 aromatic heterocycles. The molecule has 0 radical (unpaired) electrons. The smallest absolute Gasteiger partial charge is 0.137 e. The predicted octanol–water partition coefficient (Wildman–Crippen LogP) is 10.1. The molecule has 0 amide bonds. The molecular weight excluding hydrogens is 474 g/mol. The van der Waals surface area contributed by atoms with Crippen molar-refractivity contribution in [3.63, 3.8) is 0 Å². The second kappa shape index (κ2) is 7.18. The summed E-state index contributed by atoms with van der Waals surface area (Å²) in [5.41, 5.74) is 10.9. The Morgan fingerprint density at radius 2 is 1.26 bits per heavy atom. The molecule has 2 nitrogen and oxygen atoms in total. The molecule has 0 fully saturated rings. The van der Waals surface area contributed by atoms with Crippen LogP contribution in [0.3, 0.4) is 0 Å². The zero-order valence-electron chi connectivity index (χ0n) is 21.8. The Morgan fingerprint density at radius 1 is 0.590 bits per heavy atom. The first-order valence-electron chi connectivity index (χ1n) is 13.6. The van der Waals surface area contributed by atoms with Crippen molar-refractivity contribution in [2.45, 2.75) is 19.3 Å². The number of nitrogens with zero attached hydrogens (tertiary/aromatic N) is 1. The van der Waals surface area contributed by atoms with Crippen LogP contribution in [0.5, 0.6) is 0 Å². The van der Waals surface area contributed by atoms with E-state index in [1.165, 1.54) is 54.8 Å². The number of benzene rings is 6. The molecule has 184 valence electrons. The van der Waals surface area contributed by atoms with Crippen LogP contribution in [-0.2, 0) is 5.41 Å². The van der Waals surface area contributed by atoms with Crippen molar-refractivity contribution in [3.8, 4) is 16.8 Å². The number of para-hydroxylation sites is 2. The van der Waals surface area contributed by atoms with Crippen LogP contribution in [0.25, 0.3) is 71.3 Å². The van der Waals surface area contributed by atoms with Crippen molar-refractivity contribution >= 4 is 54.5 Å². The largest absolute Gasteiger partial charge is 0.456 e. The average Bonchev–Trinajstić information content (AvgIpc) is 3.59. The van der Waals surface area contributed by atoms with Gasteiger partial charge in [-0.3, -0.25) is 0 Å². The van der Waals surface area contributed by atoms with Gasteiger partial charge in [0.05, 0.1) is 11.0 Å². The van der Waals surface area contributed by atoms with Crippen molar-refractivity contribution in [2.75, 3.05) is 0 Å². The lowest BCUT2D eigenvalue weighted by molar-refractivity contribution is 0.666. The van der Waals surface area contributed by atoms with Crippen LogP contribution >= 0.6 is 0 Å². The molecule has 0 atom stereocenters. The summed E-state index contributed by atoms with van der Waals surface area (Å²) in [5, 5.41) is 7.54. The molecule has 0 saturated carbocycles. The SMILES string of the molecule is CC1(C)c2ccccc2-c2c1c1ccccc1c1c2c2ccccc2n1-c1ccc2c(c1)oc1ccccc12. The first-order chi connectivity index (χ1) is 19.1. The number of hydrogen-bond acceptors (Lipinski definition) is 1. The van der Waals surface area contributed by atoms with Crippen LogP contribution in [0.1, 0.15) is 25.0 Å². The average molecular weight is 500 g/mol. The van der Waals surface area contributed by atoms with E-state index in [-0.39, 0.29) is 5.41 Å². The summed E-state index contributed by atoms with van der Waals surface area (Å²) in [6.45, 7) is 4.76. The normalized spacial score (nSPS) is 14.1. The highest BCUT2D eigenvalue weighted by atomic mass is 16.3. The second-order valence-corrected chi connectivity index (χ2v) is 11.3. The van der Waals surface area contributed by atoms with Crippen LogP contribution < -0.4 is 0 Å². The molecule has 0 spiro atoms. The zero-order chi connectivity index (χ0) is 25.9. The Labute approximate surface area is 225 Å². The van der Waals surface area contributed by atoms with Crippen LogP contribution in [-0.4, -0.2) is 4.57 Å². The Morgan fingerprint density at radius 3 is 2.13 bits per heavy atom. The van der Waals surface area contributed by atoms with Gasteiger partial charge in [-0.25, -0.2) is 0 Å². The molecule has 2 heteroatoms. The monoisotopic (exact) mass is 499 g/mol. The van der Waals surface area contributed by atoms with Gasteiger partial charge in [-0.2, -0.15) is 0 Å². The highest BCUT2D eigenvalue weighted by molar-refractivity contribution is 6.27. The molecule has 9 rings (SSSR count). The van der Waals surface area contributed by atoms with Crippen molar-refractivity contribution < 1.29 is 4.42 Å². The summed E-state index contributed by atoms with van der Waals surface area (Å²) in [4.78, 5) is 0. The fraction of sp³-hybridized carbons (Fsp3) is 0.0811. The van der Waals surface area contributed by atoms with E-state index in [1.54, 1.807) is 0 Å². The van der Waals surface area contributed by atoms with E-state index in [9.17, 15) is 0 Å². The maximum absolute atomic E-state index is 6.34. The molecule has 0 unspecified atom stereocenters. The molecule has 2 heterocycles. The molecule has 1 aliphatic rings. The summed E-state index contributed by atoms with van der Waals surface area (Å²) in [7, 11) is 0. The van der Waals surface area contributed by atoms with Crippen molar-refractivity contribution in [2.24, 2.45) is 0 Å². The molecule has 0 aliphatic heterocycles. The molecule has 39 heavy (non-hydrogen) atoms. The summed E-state index contributed by atoms with van der Waals surface area (Å²) in [6.07, 6.45) is 0. The maximum atomic E-state index is 6.34. The highest BCUT2D eigenvalue weighted by Gasteiger charge is 2.39. The quantitative estimate of drug-likeness (QED) is 0.220. The van der Waals surface area contributed by atoms with Gasteiger partial charge in [-0.05, 0) is 51.9 Å². The van der Waals surface area contributed by atoms with E-state index in [0.717, 1.165) is 27.6 Å². The molecule has 1 aliphatic carbocycles. The van der Waals surface area contributed by atoms with Gasteiger partial charge in [0.2, 0.25) is 0 Å². The molecule has 0 bridgehead atoms. The van der Waals surface area contributed by atoms with E-state index in [4.69, 9.17) is 4.42 Å². The first kappa shape index (κ1) is 21.2. The van der Waals surface area contributed by atoms with Gasteiger partial charge in [-0.1, -0.05) is 98.8 Å². The van der Waals surface area contributed by atoms with E-state index in [1.807, 2.05) is 12.1 Å². The van der Waals surface area contributed by atoms with Crippen molar-refractivity contribution in [1.82, 2.24) is 4.57 Å². The lowest BCUT2D eigenvalue weighted by Crippen LogP contribution is -2.15. The lowest BCUT2D eigenvalue weighted by atomic mass is 9.79. The summed E-state index contributed by atoms with van der Waals surface area (Å²) < 4.78 is 8.79. The highest BCUT2D eigenvalue weighted by Crippen LogP contribution is 2.56.